The summed E-state index contributed by atoms with van der Waals surface area (Å²) in [6.45, 7) is 1.93. The number of benzene rings is 1. The summed E-state index contributed by atoms with van der Waals surface area (Å²) in [6, 6.07) is 5.12. The van der Waals surface area contributed by atoms with Gasteiger partial charge in [0.05, 0.1) is 43.3 Å². The molecule has 1 N–H and O–H groups in total. The third-order valence-corrected chi connectivity index (χ3v) is 5.35. The van der Waals surface area contributed by atoms with Gasteiger partial charge in [-0.3, -0.25) is 4.79 Å². The number of imidazole rings is 1. The molecule has 1 atom stereocenters. The van der Waals surface area contributed by atoms with E-state index < -0.39 is 41.7 Å². The molecular weight excluding hydrogens is 434 g/mol. The van der Waals surface area contributed by atoms with E-state index in [9.17, 15) is 9.59 Å². The zero-order valence-electron chi connectivity index (χ0n) is 20.3. The maximum atomic E-state index is 15.2. The van der Waals surface area contributed by atoms with E-state index in [2.05, 4.69) is 10.3 Å². The lowest BCUT2D eigenvalue weighted by Gasteiger charge is -2.32. The number of aromatic nitrogens is 2. The van der Waals surface area contributed by atoms with E-state index in [0.717, 1.165) is 17.7 Å². The maximum Gasteiger partial charge on any atom is 0.409 e. The molecule has 0 aliphatic carbocycles. The first-order valence-electron chi connectivity index (χ1n) is 11.2. The smallest absolute Gasteiger partial charge is 0.409 e. The van der Waals surface area contributed by atoms with Crippen LogP contribution >= 0.6 is 0 Å². The Labute approximate surface area is 191 Å². The van der Waals surface area contributed by atoms with Gasteiger partial charge in [0.1, 0.15) is 17.3 Å². The second-order valence-electron chi connectivity index (χ2n) is 7.56. The van der Waals surface area contributed by atoms with Crippen molar-refractivity contribution in [3.8, 4) is 11.3 Å². The SMILES string of the molecule is [2H]C([2H])(c1c(-c2c(F)cc(C(=O)NC)cc2F)nc2cc(C)ccn12)[C@H]1CN(C(=O)OC)CCO1. The molecule has 1 saturated heterocycles. The number of halogens is 2. The second kappa shape index (κ2) is 9.14. The number of fused-ring (bicyclic) bond motifs is 1. The molecule has 0 bridgehead atoms. The highest BCUT2D eigenvalue weighted by molar-refractivity contribution is 5.94. The summed E-state index contributed by atoms with van der Waals surface area (Å²) in [5.41, 5.74) is -0.123. The standard InChI is InChI=1S/C23H24F2N4O4/c1-13-4-5-29-18(11-15-12-28(6-7-33-15)23(31)32-3)21(27-19(29)8-13)20-16(24)9-14(10-17(20)25)22(30)26-2/h4-5,8-10,15H,6-7,11-12H2,1-3H3,(H,26,30)/t15-/m0/s1/i11D2. The number of hydrogen-bond donors (Lipinski definition) is 1. The van der Waals surface area contributed by atoms with Gasteiger partial charge in [-0.05, 0) is 36.8 Å². The number of amides is 2. The van der Waals surface area contributed by atoms with Gasteiger partial charge in [0, 0.05) is 34.5 Å². The molecule has 0 saturated carbocycles. The number of carbonyl (C=O) groups excluding carboxylic acids is 2. The average molecular weight is 460 g/mol. The lowest BCUT2D eigenvalue weighted by atomic mass is 10.0. The summed E-state index contributed by atoms with van der Waals surface area (Å²) in [4.78, 5) is 29.6. The molecule has 1 fully saturated rings. The molecule has 4 rings (SSSR count). The average Bonchev–Trinajstić information content (AvgIpc) is 3.21. The molecule has 0 unspecified atom stereocenters. The molecule has 3 aromatic rings. The number of carbonyl (C=O) groups is 2. The van der Waals surface area contributed by atoms with Crippen molar-refractivity contribution in [2.24, 2.45) is 0 Å². The first kappa shape index (κ1) is 20.1. The predicted octanol–water partition coefficient (Wildman–Crippen LogP) is 2.96. The van der Waals surface area contributed by atoms with E-state index in [-0.39, 0.29) is 42.3 Å². The number of rotatable bonds is 4. The summed E-state index contributed by atoms with van der Waals surface area (Å²) < 4.78 is 60.2. The molecule has 2 amide bonds. The lowest BCUT2D eigenvalue weighted by molar-refractivity contribution is -0.0241. The molecule has 10 heteroatoms. The first-order valence-corrected chi connectivity index (χ1v) is 10.2. The highest BCUT2D eigenvalue weighted by atomic mass is 19.1. The summed E-state index contributed by atoms with van der Waals surface area (Å²) in [5.74, 6) is -2.81. The van der Waals surface area contributed by atoms with Gasteiger partial charge >= 0.3 is 6.09 Å². The van der Waals surface area contributed by atoms with Crippen molar-refractivity contribution >= 4 is 17.6 Å². The maximum absolute atomic E-state index is 15.2. The van der Waals surface area contributed by atoms with E-state index in [4.69, 9.17) is 12.2 Å². The number of ether oxygens (including phenoxy) is 2. The van der Waals surface area contributed by atoms with Crippen LogP contribution in [0.5, 0.6) is 0 Å². The van der Waals surface area contributed by atoms with Gasteiger partial charge in [-0.2, -0.15) is 0 Å². The Morgan fingerprint density at radius 3 is 2.73 bits per heavy atom. The van der Waals surface area contributed by atoms with Gasteiger partial charge in [0.2, 0.25) is 0 Å². The van der Waals surface area contributed by atoms with Crippen molar-refractivity contribution in [1.29, 1.82) is 0 Å². The molecule has 1 aromatic carbocycles. The third-order valence-electron chi connectivity index (χ3n) is 5.35. The zero-order chi connectivity index (χ0) is 25.5. The fourth-order valence-corrected chi connectivity index (χ4v) is 3.72. The molecular formula is C23H24F2N4O4. The molecule has 3 heterocycles. The van der Waals surface area contributed by atoms with Gasteiger partial charge in [-0.1, -0.05) is 0 Å². The highest BCUT2D eigenvalue weighted by Gasteiger charge is 2.29. The molecule has 33 heavy (non-hydrogen) atoms. The minimum absolute atomic E-state index is 0.0496. The minimum atomic E-state index is -2.34. The second-order valence-corrected chi connectivity index (χ2v) is 7.56. The molecule has 2 aromatic heterocycles. The fraction of sp³-hybridized carbons (Fsp3) is 0.348. The van der Waals surface area contributed by atoms with Gasteiger partial charge in [0.25, 0.3) is 5.91 Å². The number of nitrogens with zero attached hydrogens (tertiary/aromatic N) is 3. The molecule has 1 aliphatic rings. The van der Waals surface area contributed by atoms with Crippen molar-refractivity contribution in [2.45, 2.75) is 19.4 Å². The van der Waals surface area contributed by atoms with E-state index in [1.54, 1.807) is 25.3 Å². The summed E-state index contributed by atoms with van der Waals surface area (Å²) in [7, 11) is 2.56. The summed E-state index contributed by atoms with van der Waals surface area (Å²) in [5, 5.41) is 2.31. The van der Waals surface area contributed by atoms with Crippen LogP contribution in [0.2, 0.25) is 0 Å². The molecule has 8 nitrogen and oxygen atoms in total. The van der Waals surface area contributed by atoms with Crippen LogP contribution in [-0.2, 0) is 15.8 Å². The van der Waals surface area contributed by atoms with Crippen molar-refractivity contribution in [2.75, 3.05) is 33.9 Å². The van der Waals surface area contributed by atoms with Crippen LogP contribution in [-0.4, -0.2) is 66.2 Å². The Hall–Kier alpha value is -3.53. The number of aryl methyl sites for hydroxylation is 1. The van der Waals surface area contributed by atoms with Gasteiger partial charge < -0.3 is 24.1 Å². The van der Waals surface area contributed by atoms with Crippen molar-refractivity contribution in [1.82, 2.24) is 19.6 Å². The topological polar surface area (TPSA) is 85.2 Å². The molecule has 174 valence electrons. The Morgan fingerprint density at radius 1 is 1.33 bits per heavy atom. The summed E-state index contributed by atoms with van der Waals surface area (Å²) in [6.07, 6.45) is -2.59. The minimum Gasteiger partial charge on any atom is -0.453 e. The Balaban J connectivity index is 1.91. The van der Waals surface area contributed by atoms with Gasteiger partial charge in [-0.15, -0.1) is 0 Å². The van der Waals surface area contributed by atoms with Crippen LogP contribution in [0.25, 0.3) is 16.9 Å². The van der Waals surface area contributed by atoms with E-state index in [0.29, 0.717) is 0 Å². The van der Waals surface area contributed by atoms with Crippen molar-refractivity contribution in [3.05, 3.63) is 58.9 Å². The normalized spacial score (nSPS) is 17.5. The van der Waals surface area contributed by atoms with Crippen LogP contribution < -0.4 is 5.32 Å². The number of hydrogen-bond acceptors (Lipinski definition) is 5. The Kier molecular flexibility index (Phi) is 5.57. The van der Waals surface area contributed by atoms with Gasteiger partial charge in [0.15, 0.2) is 0 Å². The molecule has 1 aliphatic heterocycles. The van der Waals surface area contributed by atoms with Gasteiger partial charge in [-0.25, -0.2) is 18.6 Å². The largest absolute Gasteiger partial charge is 0.453 e. The number of methoxy groups -OCH3 is 1. The third kappa shape index (κ3) is 4.38. The van der Waals surface area contributed by atoms with Crippen LogP contribution in [0.3, 0.4) is 0 Å². The first-order chi connectivity index (χ1) is 16.6. The Bertz CT molecular complexity index is 1290. The lowest BCUT2D eigenvalue weighted by Crippen LogP contribution is -2.46. The number of nitrogens with one attached hydrogen (secondary N) is 1. The monoisotopic (exact) mass is 460 g/mol. The van der Waals surface area contributed by atoms with Crippen LogP contribution in [0.4, 0.5) is 13.6 Å². The molecule has 0 spiro atoms. The van der Waals surface area contributed by atoms with Crippen molar-refractivity contribution < 1.29 is 30.6 Å². The number of morpholine rings is 1. The van der Waals surface area contributed by atoms with Crippen LogP contribution in [0, 0.1) is 18.6 Å². The highest BCUT2D eigenvalue weighted by Crippen LogP contribution is 2.32. The fourth-order valence-electron chi connectivity index (χ4n) is 3.72. The summed E-state index contributed by atoms with van der Waals surface area (Å²) >= 11 is 0. The van der Waals surface area contributed by atoms with E-state index >= 15 is 8.78 Å². The van der Waals surface area contributed by atoms with Crippen LogP contribution in [0.15, 0.2) is 30.5 Å². The van der Waals surface area contributed by atoms with Crippen molar-refractivity contribution in [3.63, 3.8) is 0 Å². The van der Waals surface area contributed by atoms with Crippen LogP contribution in [0.1, 0.15) is 24.4 Å². The Morgan fingerprint density at radius 2 is 2.06 bits per heavy atom. The molecule has 0 radical (unpaired) electrons. The van der Waals surface area contributed by atoms with E-state index in [1.807, 2.05) is 0 Å². The zero-order valence-corrected chi connectivity index (χ0v) is 18.3. The van der Waals surface area contributed by atoms with E-state index in [1.165, 1.54) is 23.5 Å². The quantitative estimate of drug-likeness (QED) is 0.647. The number of pyridine rings is 1. The predicted molar refractivity (Wildman–Crippen MR) is 116 cm³/mol.